The minimum Gasteiger partial charge on any atom is -0.352 e. The summed E-state index contributed by atoms with van der Waals surface area (Å²) in [6, 6.07) is 4.63. The Morgan fingerprint density at radius 1 is 1.29 bits per heavy atom. The van der Waals surface area contributed by atoms with E-state index in [4.69, 9.17) is 5.48 Å². The van der Waals surface area contributed by atoms with Gasteiger partial charge in [0.1, 0.15) is 6.33 Å². The smallest absolute Gasteiger partial charge is 0.177 e. The molecule has 8 nitrogen and oxygen atoms in total. The number of hydrogen-bond acceptors (Lipinski definition) is 7. The molecule has 0 saturated heterocycles. The lowest BCUT2D eigenvalue weighted by atomic mass is 10.0. The number of aromatic nitrogens is 6. The van der Waals surface area contributed by atoms with E-state index in [1.165, 1.54) is 35.4 Å². The number of nitrogens with zero attached hydrogens (tertiary/aromatic N) is 7. The maximum absolute atomic E-state index is 14.0. The highest BCUT2D eigenvalue weighted by atomic mass is 19.1. The molecule has 0 saturated carbocycles. The van der Waals surface area contributed by atoms with E-state index in [0.717, 1.165) is 11.1 Å². The van der Waals surface area contributed by atoms with E-state index >= 15 is 0 Å². The number of nitrogens with one attached hydrogen (secondary N) is 1. The molecule has 1 N–H and O–H groups in total. The maximum Gasteiger partial charge on any atom is 0.177 e. The van der Waals surface area contributed by atoms with Gasteiger partial charge >= 0.3 is 0 Å². The van der Waals surface area contributed by atoms with E-state index in [1.807, 2.05) is 0 Å². The van der Waals surface area contributed by atoms with E-state index in [1.54, 1.807) is 13.0 Å². The molecule has 1 aliphatic rings. The fourth-order valence-corrected chi connectivity index (χ4v) is 2.94. The largest absolute Gasteiger partial charge is 0.352 e. The standard InChI is InChI=1S/C19H17FN8/c1-12-6-18-25-23-11-28(18)26-19(12)27-5-3-16-13(10-27)7-14(8-22-16)24-17-2-4-21-9-15(17)20/h2,4,6-9,11H,3,5,10H2,1H3,(H,21,24)/i5D2,10D2. The second-order valence-corrected chi connectivity index (χ2v) is 6.27. The molecule has 5 heterocycles. The lowest BCUT2D eigenvalue weighted by molar-refractivity contribution is 0.625. The van der Waals surface area contributed by atoms with Crippen molar-refractivity contribution in [3.05, 3.63) is 65.8 Å². The molecule has 0 fully saturated rings. The Balaban J connectivity index is 1.61. The highest BCUT2D eigenvalue weighted by Gasteiger charge is 2.21. The summed E-state index contributed by atoms with van der Waals surface area (Å²) >= 11 is 0. The molecular weight excluding hydrogens is 359 g/mol. The van der Waals surface area contributed by atoms with Crippen LogP contribution in [-0.2, 0) is 12.9 Å². The van der Waals surface area contributed by atoms with Crippen LogP contribution in [0.5, 0.6) is 0 Å². The minimum atomic E-state index is -2.31. The highest BCUT2D eigenvalue weighted by molar-refractivity contribution is 5.61. The summed E-state index contributed by atoms with van der Waals surface area (Å²) < 4.78 is 50.3. The predicted octanol–water partition coefficient (Wildman–Crippen LogP) is 2.67. The van der Waals surface area contributed by atoms with Gasteiger partial charge in [-0.3, -0.25) is 9.97 Å². The first-order valence-corrected chi connectivity index (χ1v) is 8.51. The van der Waals surface area contributed by atoms with Gasteiger partial charge in [0.15, 0.2) is 17.3 Å². The summed E-state index contributed by atoms with van der Waals surface area (Å²) in [4.78, 5) is 8.99. The zero-order valence-electron chi connectivity index (χ0n) is 18.8. The molecule has 0 aromatic carbocycles. The molecule has 0 unspecified atom stereocenters. The molecule has 5 rings (SSSR count). The van der Waals surface area contributed by atoms with Crippen molar-refractivity contribution in [3.63, 3.8) is 0 Å². The Morgan fingerprint density at radius 2 is 2.21 bits per heavy atom. The summed E-state index contributed by atoms with van der Waals surface area (Å²) in [6.45, 7) is -2.71. The number of fused-ring (bicyclic) bond motifs is 2. The Hall–Kier alpha value is -3.62. The third-order valence-electron chi connectivity index (χ3n) is 4.33. The van der Waals surface area contributed by atoms with Crippen molar-refractivity contribution in [3.8, 4) is 0 Å². The van der Waals surface area contributed by atoms with Crippen molar-refractivity contribution in [2.45, 2.75) is 19.8 Å². The van der Waals surface area contributed by atoms with Crippen molar-refractivity contribution in [2.75, 3.05) is 16.7 Å². The normalized spacial score (nSPS) is 19.3. The van der Waals surface area contributed by atoms with Gasteiger partial charge in [-0.25, -0.2) is 4.39 Å². The lowest BCUT2D eigenvalue weighted by Crippen LogP contribution is -2.32. The van der Waals surface area contributed by atoms with Gasteiger partial charge in [-0.15, -0.1) is 15.3 Å². The SMILES string of the molecule is [2H]C1([2H])Cc2ncc(Nc3ccncc3F)cc2C([2H])([2H])N1c1nn2cnnc2cc1C. The summed E-state index contributed by atoms with van der Waals surface area (Å²) in [7, 11) is 0. The summed E-state index contributed by atoms with van der Waals surface area (Å²) in [5, 5.41) is 15.0. The Bertz CT molecular complexity index is 1340. The molecular formula is C19H17FN8. The molecule has 0 aliphatic carbocycles. The lowest BCUT2D eigenvalue weighted by Gasteiger charge is -2.30. The van der Waals surface area contributed by atoms with Gasteiger partial charge in [-0.05, 0) is 36.2 Å². The van der Waals surface area contributed by atoms with E-state index in [9.17, 15) is 4.39 Å². The average Bonchev–Trinajstić information content (AvgIpc) is 3.17. The Labute approximate surface area is 165 Å². The van der Waals surface area contributed by atoms with Crippen LogP contribution in [0.3, 0.4) is 0 Å². The zero-order chi connectivity index (χ0) is 22.7. The first kappa shape index (κ1) is 12.7. The van der Waals surface area contributed by atoms with Crippen molar-refractivity contribution in [1.29, 1.82) is 0 Å². The quantitative estimate of drug-likeness (QED) is 0.585. The molecule has 140 valence electrons. The van der Waals surface area contributed by atoms with E-state index in [-0.39, 0.29) is 29.2 Å². The summed E-state index contributed by atoms with van der Waals surface area (Å²) in [5.74, 6) is -0.440. The Kier molecular flexibility index (Phi) is 2.96. The van der Waals surface area contributed by atoms with Crippen LogP contribution in [0.25, 0.3) is 5.65 Å². The van der Waals surface area contributed by atoms with Gasteiger partial charge in [0, 0.05) is 34.0 Å². The van der Waals surface area contributed by atoms with Gasteiger partial charge in [-0.2, -0.15) is 4.52 Å². The molecule has 0 spiro atoms. The van der Waals surface area contributed by atoms with Crippen molar-refractivity contribution >= 4 is 22.8 Å². The fourth-order valence-electron chi connectivity index (χ4n) is 2.94. The van der Waals surface area contributed by atoms with Gasteiger partial charge in [-0.1, -0.05) is 0 Å². The monoisotopic (exact) mass is 380 g/mol. The van der Waals surface area contributed by atoms with E-state index < -0.39 is 18.8 Å². The number of aryl methyl sites for hydroxylation is 2. The third-order valence-corrected chi connectivity index (χ3v) is 4.33. The van der Waals surface area contributed by atoms with Gasteiger partial charge in [0.05, 0.1) is 26.5 Å². The van der Waals surface area contributed by atoms with Gasteiger partial charge in [0.2, 0.25) is 0 Å². The van der Waals surface area contributed by atoms with Crippen molar-refractivity contribution < 1.29 is 9.87 Å². The first-order chi connectivity index (χ1) is 15.2. The molecule has 9 heteroatoms. The van der Waals surface area contributed by atoms with Gasteiger partial charge < -0.3 is 10.2 Å². The summed E-state index contributed by atoms with van der Waals surface area (Å²) in [5.41, 5.74) is 1.98. The van der Waals surface area contributed by atoms with Crippen molar-refractivity contribution in [2.24, 2.45) is 0 Å². The molecule has 1 aliphatic heterocycles. The third kappa shape index (κ3) is 2.90. The summed E-state index contributed by atoms with van der Waals surface area (Å²) in [6.07, 6.45) is 5.13. The second kappa shape index (κ2) is 6.52. The minimum absolute atomic E-state index is 0.122. The molecule has 28 heavy (non-hydrogen) atoms. The number of rotatable bonds is 3. The average molecular weight is 380 g/mol. The van der Waals surface area contributed by atoms with Crippen LogP contribution < -0.4 is 10.2 Å². The number of pyridine rings is 2. The predicted molar refractivity (Wildman–Crippen MR) is 102 cm³/mol. The van der Waals surface area contributed by atoms with Crippen LogP contribution in [0, 0.1) is 12.7 Å². The maximum atomic E-state index is 14.0. The molecule has 0 bridgehead atoms. The zero-order valence-corrected chi connectivity index (χ0v) is 14.8. The number of halogens is 1. The van der Waals surface area contributed by atoms with Crippen molar-refractivity contribution in [1.82, 2.24) is 29.8 Å². The second-order valence-electron chi connectivity index (χ2n) is 6.27. The molecule has 4 aromatic rings. The van der Waals surface area contributed by atoms with E-state index in [2.05, 4.69) is 30.6 Å². The van der Waals surface area contributed by atoms with Crippen LogP contribution in [0.4, 0.5) is 21.6 Å². The van der Waals surface area contributed by atoms with Crippen LogP contribution >= 0.6 is 0 Å². The number of hydrogen-bond donors (Lipinski definition) is 1. The molecule has 4 aromatic heterocycles. The topological polar surface area (TPSA) is 84.1 Å². The van der Waals surface area contributed by atoms with Crippen LogP contribution in [0.2, 0.25) is 0 Å². The molecule has 0 atom stereocenters. The van der Waals surface area contributed by atoms with Crippen LogP contribution in [-0.4, -0.2) is 36.3 Å². The first-order valence-electron chi connectivity index (χ1n) is 10.5. The van der Waals surface area contributed by atoms with Crippen LogP contribution in [0.15, 0.2) is 43.1 Å². The molecule has 0 amide bonds. The van der Waals surface area contributed by atoms with Gasteiger partial charge in [0.25, 0.3) is 0 Å². The van der Waals surface area contributed by atoms with E-state index in [0.29, 0.717) is 16.9 Å². The molecule has 0 radical (unpaired) electrons. The Morgan fingerprint density at radius 3 is 3.11 bits per heavy atom. The highest BCUT2D eigenvalue weighted by Crippen LogP contribution is 2.27. The fraction of sp³-hybridized carbons (Fsp3) is 0.211. The van der Waals surface area contributed by atoms with Crippen LogP contribution in [0.1, 0.15) is 22.3 Å². The number of anilines is 3.